The third-order valence-corrected chi connectivity index (χ3v) is 4.36. The highest BCUT2D eigenvalue weighted by Gasteiger charge is 2.05. The normalized spacial score (nSPS) is 10.7. The number of esters is 1. The Balaban J connectivity index is 1.74. The van der Waals surface area contributed by atoms with E-state index < -0.39 is 5.97 Å². The van der Waals surface area contributed by atoms with Gasteiger partial charge in [0.25, 0.3) is 5.91 Å². The first-order valence-electron chi connectivity index (χ1n) is 6.63. The zero-order valence-electron chi connectivity index (χ0n) is 11.9. The van der Waals surface area contributed by atoms with Crippen LogP contribution in [-0.4, -0.2) is 18.5 Å². The van der Waals surface area contributed by atoms with E-state index in [1.165, 1.54) is 12.2 Å². The fourth-order valence-electron chi connectivity index (χ4n) is 1.62. The van der Waals surface area contributed by atoms with E-state index in [-0.39, 0.29) is 12.5 Å². The first kappa shape index (κ1) is 17.5. The molecule has 0 aliphatic heterocycles. The van der Waals surface area contributed by atoms with Gasteiger partial charge in [-0.25, -0.2) is 4.79 Å². The van der Waals surface area contributed by atoms with E-state index in [9.17, 15) is 9.59 Å². The summed E-state index contributed by atoms with van der Waals surface area (Å²) in [5.74, 6) is -0.961. The molecule has 0 aliphatic carbocycles. The van der Waals surface area contributed by atoms with Gasteiger partial charge < -0.3 is 10.1 Å². The van der Waals surface area contributed by atoms with Crippen molar-refractivity contribution in [2.24, 2.45) is 0 Å². The molecule has 0 atom stereocenters. The molecule has 0 aliphatic rings. The topological polar surface area (TPSA) is 55.4 Å². The smallest absolute Gasteiger partial charge is 0.331 e. The Morgan fingerprint density at radius 3 is 2.74 bits per heavy atom. The van der Waals surface area contributed by atoms with Gasteiger partial charge in [0.15, 0.2) is 6.61 Å². The average Bonchev–Trinajstić information content (AvgIpc) is 3.05. The van der Waals surface area contributed by atoms with E-state index >= 15 is 0 Å². The van der Waals surface area contributed by atoms with Gasteiger partial charge >= 0.3 is 5.97 Å². The number of amides is 1. The van der Waals surface area contributed by atoms with Gasteiger partial charge in [-0.1, -0.05) is 35.3 Å². The average molecular weight is 370 g/mol. The van der Waals surface area contributed by atoms with Crippen molar-refractivity contribution in [3.05, 3.63) is 62.3 Å². The monoisotopic (exact) mass is 369 g/mol. The number of benzene rings is 1. The van der Waals surface area contributed by atoms with Crippen LogP contribution in [0.15, 0.2) is 41.8 Å². The number of halogens is 2. The van der Waals surface area contributed by atoms with Crippen molar-refractivity contribution in [3.63, 3.8) is 0 Å². The van der Waals surface area contributed by atoms with Crippen molar-refractivity contribution >= 4 is 52.5 Å². The molecule has 1 amide bonds. The van der Waals surface area contributed by atoms with Crippen LogP contribution in [0.4, 0.5) is 0 Å². The summed E-state index contributed by atoms with van der Waals surface area (Å²) in [6.07, 6.45) is 2.76. The molecule has 4 nitrogen and oxygen atoms in total. The lowest BCUT2D eigenvalue weighted by molar-refractivity contribution is -0.143. The molecule has 7 heteroatoms. The van der Waals surface area contributed by atoms with Gasteiger partial charge in [-0.05, 0) is 35.2 Å². The van der Waals surface area contributed by atoms with Gasteiger partial charge in [0.2, 0.25) is 0 Å². The quantitative estimate of drug-likeness (QED) is 0.619. The van der Waals surface area contributed by atoms with Gasteiger partial charge in [0.1, 0.15) is 0 Å². The summed E-state index contributed by atoms with van der Waals surface area (Å²) in [5, 5.41) is 5.43. The van der Waals surface area contributed by atoms with E-state index in [2.05, 4.69) is 5.32 Å². The van der Waals surface area contributed by atoms with Gasteiger partial charge in [-0.2, -0.15) is 0 Å². The van der Waals surface area contributed by atoms with Gasteiger partial charge in [0, 0.05) is 11.0 Å². The van der Waals surface area contributed by atoms with Crippen molar-refractivity contribution in [1.29, 1.82) is 0 Å². The SMILES string of the molecule is O=C(COC(=O)C=Cc1ccc(Cl)c(Cl)c1)NCc1cccs1. The summed E-state index contributed by atoms with van der Waals surface area (Å²) in [5.41, 5.74) is 0.707. The lowest BCUT2D eigenvalue weighted by atomic mass is 10.2. The van der Waals surface area contributed by atoms with E-state index in [0.29, 0.717) is 22.2 Å². The third-order valence-electron chi connectivity index (χ3n) is 2.74. The number of hydrogen-bond acceptors (Lipinski definition) is 4. The van der Waals surface area contributed by atoms with E-state index in [1.54, 1.807) is 29.5 Å². The Bertz CT molecular complexity index is 714. The standard InChI is InChI=1S/C16H13Cl2NO3S/c17-13-5-3-11(8-14(13)18)4-6-16(21)22-10-15(20)19-9-12-2-1-7-23-12/h1-8H,9-10H2,(H,19,20). The minimum atomic E-state index is -0.609. The summed E-state index contributed by atoms with van der Waals surface area (Å²) in [4.78, 5) is 24.2. The first-order valence-corrected chi connectivity index (χ1v) is 8.27. The second-order valence-electron chi connectivity index (χ2n) is 4.47. The third kappa shape index (κ3) is 6.06. The molecule has 0 unspecified atom stereocenters. The summed E-state index contributed by atoms with van der Waals surface area (Å²) in [7, 11) is 0. The Morgan fingerprint density at radius 1 is 1.22 bits per heavy atom. The highest BCUT2D eigenvalue weighted by Crippen LogP contribution is 2.23. The molecule has 0 saturated carbocycles. The second-order valence-corrected chi connectivity index (χ2v) is 6.32. The lowest BCUT2D eigenvalue weighted by Gasteiger charge is -2.04. The maximum Gasteiger partial charge on any atom is 0.331 e. The zero-order chi connectivity index (χ0) is 16.7. The van der Waals surface area contributed by atoms with Crippen molar-refractivity contribution in [2.45, 2.75) is 6.54 Å². The summed E-state index contributed by atoms with van der Waals surface area (Å²) >= 11 is 13.2. The molecule has 1 aromatic carbocycles. The molecule has 1 aromatic heterocycles. The van der Waals surface area contributed by atoms with Crippen LogP contribution < -0.4 is 5.32 Å². The summed E-state index contributed by atoms with van der Waals surface area (Å²) in [6.45, 7) is 0.100. The first-order chi connectivity index (χ1) is 11.0. The van der Waals surface area contributed by atoms with Gasteiger partial charge in [0.05, 0.1) is 16.6 Å². The number of thiophene rings is 1. The molecule has 0 radical (unpaired) electrons. The number of nitrogens with one attached hydrogen (secondary N) is 1. The maximum absolute atomic E-state index is 11.6. The van der Waals surface area contributed by atoms with Crippen LogP contribution >= 0.6 is 34.5 Å². The fraction of sp³-hybridized carbons (Fsp3) is 0.125. The number of carbonyl (C=O) groups excluding carboxylic acids is 2. The Labute approximate surface area is 147 Å². The largest absolute Gasteiger partial charge is 0.452 e. The molecule has 1 heterocycles. The van der Waals surface area contributed by atoms with Gasteiger partial charge in [-0.15, -0.1) is 11.3 Å². The molecule has 120 valence electrons. The van der Waals surface area contributed by atoms with Crippen LogP contribution in [0.1, 0.15) is 10.4 Å². The molecular weight excluding hydrogens is 357 g/mol. The fourth-order valence-corrected chi connectivity index (χ4v) is 2.57. The van der Waals surface area contributed by atoms with Crippen molar-refractivity contribution in [2.75, 3.05) is 6.61 Å². The number of carbonyl (C=O) groups is 2. The highest BCUT2D eigenvalue weighted by atomic mass is 35.5. The van der Waals surface area contributed by atoms with Crippen LogP contribution in [0.3, 0.4) is 0 Å². The molecule has 23 heavy (non-hydrogen) atoms. The van der Waals surface area contributed by atoms with Crippen LogP contribution in [0, 0.1) is 0 Å². The van der Waals surface area contributed by atoms with Crippen molar-refractivity contribution in [3.8, 4) is 0 Å². The number of ether oxygens (including phenoxy) is 1. The van der Waals surface area contributed by atoms with Crippen molar-refractivity contribution in [1.82, 2.24) is 5.32 Å². The lowest BCUT2D eigenvalue weighted by Crippen LogP contribution is -2.27. The minimum Gasteiger partial charge on any atom is -0.452 e. The molecule has 0 spiro atoms. The van der Waals surface area contributed by atoms with E-state index in [4.69, 9.17) is 27.9 Å². The van der Waals surface area contributed by atoms with Gasteiger partial charge in [-0.3, -0.25) is 4.79 Å². The molecule has 0 bridgehead atoms. The zero-order valence-corrected chi connectivity index (χ0v) is 14.3. The number of hydrogen-bond donors (Lipinski definition) is 1. The predicted molar refractivity (Wildman–Crippen MR) is 92.6 cm³/mol. The molecule has 0 fully saturated rings. The Morgan fingerprint density at radius 2 is 2.04 bits per heavy atom. The Kier molecular flexibility index (Phi) is 6.65. The molecule has 2 aromatic rings. The van der Waals surface area contributed by atoms with Crippen LogP contribution in [-0.2, 0) is 20.9 Å². The molecule has 2 rings (SSSR count). The minimum absolute atomic E-state index is 0.323. The predicted octanol–water partition coefficient (Wildman–Crippen LogP) is 3.93. The van der Waals surface area contributed by atoms with E-state index in [0.717, 1.165) is 4.88 Å². The second kappa shape index (κ2) is 8.72. The molecule has 1 N–H and O–H groups in total. The maximum atomic E-state index is 11.6. The van der Waals surface area contributed by atoms with Crippen LogP contribution in [0.2, 0.25) is 10.0 Å². The van der Waals surface area contributed by atoms with Crippen LogP contribution in [0.5, 0.6) is 0 Å². The molecular formula is C16H13Cl2NO3S. The highest BCUT2D eigenvalue weighted by molar-refractivity contribution is 7.09. The van der Waals surface area contributed by atoms with Crippen LogP contribution in [0.25, 0.3) is 6.08 Å². The number of rotatable bonds is 6. The van der Waals surface area contributed by atoms with Crippen molar-refractivity contribution < 1.29 is 14.3 Å². The summed E-state index contributed by atoms with van der Waals surface area (Å²) in [6, 6.07) is 8.79. The summed E-state index contributed by atoms with van der Waals surface area (Å²) < 4.78 is 4.86. The van der Waals surface area contributed by atoms with E-state index in [1.807, 2.05) is 17.5 Å². The molecule has 0 saturated heterocycles. The Hall–Kier alpha value is -1.82.